The van der Waals surface area contributed by atoms with Gasteiger partial charge in [0.05, 0.1) is 75.2 Å². The average Bonchev–Trinajstić information content (AvgIpc) is 3.67. The molecule has 0 saturated carbocycles. The molecule has 2 heterocycles. The van der Waals surface area contributed by atoms with Crippen molar-refractivity contribution in [2.45, 2.75) is 27.7 Å². The van der Waals surface area contributed by atoms with Crippen LogP contribution in [0.15, 0.2) is 56.6 Å². The Morgan fingerprint density at radius 1 is 0.588 bits per heavy atom. The van der Waals surface area contributed by atoms with Crippen molar-refractivity contribution < 1.29 is 55.8 Å². The lowest BCUT2D eigenvalue weighted by Gasteiger charge is -2.08. The zero-order valence-electron chi connectivity index (χ0n) is 37.9. The van der Waals surface area contributed by atoms with Gasteiger partial charge in [-0.1, -0.05) is 0 Å². The molecule has 20 nitrogen and oxygen atoms in total. The minimum Gasteiger partial charge on any atom is -0.377 e. The van der Waals surface area contributed by atoms with Gasteiger partial charge in [-0.25, -0.2) is 17.6 Å². The van der Waals surface area contributed by atoms with Crippen molar-refractivity contribution in [3.63, 3.8) is 0 Å². The summed E-state index contributed by atoms with van der Waals surface area (Å²) in [6, 6.07) is 5.71. The number of nitrogens with one attached hydrogen (secondary N) is 4. The van der Waals surface area contributed by atoms with Gasteiger partial charge >= 0.3 is 0 Å². The van der Waals surface area contributed by atoms with Crippen molar-refractivity contribution in [1.82, 2.24) is 19.8 Å². The number of carbonyl (C=O) groups excluding carboxylic acids is 6. The van der Waals surface area contributed by atoms with E-state index in [1.165, 1.54) is 61.6 Å². The van der Waals surface area contributed by atoms with E-state index in [9.17, 15) is 46.3 Å². The second-order valence-corrected chi connectivity index (χ2v) is 14.7. The zero-order chi connectivity index (χ0) is 50.2. The summed E-state index contributed by atoms with van der Waals surface area (Å²) in [6.45, 7) is 6.81. The third-order valence-electron chi connectivity index (χ3n) is 10.3. The summed E-state index contributed by atoms with van der Waals surface area (Å²) in [6.07, 6.45) is 2.61. The number of carbonyl (C=O) groups is 6. The number of aliphatic imine (C=N–C) groups is 2. The highest BCUT2D eigenvalue weighted by atomic mass is 19.2. The summed E-state index contributed by atoms with van der Waals surface area (Å²) in [5, 5.41) is 16.9. The Hall–Kier alpha value is -7.86. The molecule has 0 saturated heterocycles. The van der Waals surface area contributed by atoms with E-state index < -0.39 is 58.5 Å². The fourth-order valence-corrected chi connectivity index (χ4v) is 6.67. The topological polar surface area (TPSA) is 280 Å². The molecule has 0 fully saturated rings. The summed E-state index contributed by atoms with van der Waals surface area (Å²) in [5.74, 6) is 1.15. The van der Waals surface area contributed by atoms with Crippen LogP contribution >= 0.6 is 0 Å². The molecule has 2 aromatic carbocycles. The van der Waals surface area contributed by atoms with Crippen LogP contribution in [0.2, 0.25) is 0 Å². The highest BCUT2D eigenvalue weighted by Gasteiger charge is 2.30. The maximum atomic E-state index is 13.7. The molecule has 24 heteroatoms. The quantitative estimate of drug-likeness (QED) is 0.0120. The molecular formula is C44H50F4N12O8. The first-order valence-electron chi connectivity index (χ1n) is 20.5. The van der Waals surface area contributed by atoms with Crippen LogP contribution in [-0.2, 0) is 33.2 Å². The van der Waals surface area contributed by atoms with Gasteiger partial charge in [0.2, 0.25) is 0 Å². The lowest BCUT2D eigenvalue weighted by Crippen LogP contribution is -2.36. The lowest BCUT2D eigenvalue weighted by molar-refractivity contribution is -0.117. The van der Waals surface area contributed by atoms with Crippen molar-refractivity contribution in [1.29, 1.82) is 0 Å². The number of nitrogens with two attached hydrogens (primary N) is 2. The smallest absolute Gasteiger partial charge is 0.292 e. The monoisotopic (exact) mass is 950 g/mol. The number of halogens is 4. The first kappa shape index (κ1) is 52.8. The number of hydrogen-bond acceptors (Lipinski definition) is 14. The van der Waals surface area contributed by atoms with E-state index in [0.717, 1.165) is 24.3 Å². The molecule has 0 bridgehead atoms. The van der Waals surface area contributed by atoms with E-state index in [4.69, 9.17) is 21.2 Å². The highest BCUT2D eigenvalue weighted by Crippen LogP contribution is 2.25. The fraction of sp³-hybridized carbons (Fsp3) is 0.318. The summed E-state index contributed by atoms with van der Waals surface area (Å²) in [7, 11) is 3.04. The molecule has 0 aliphatic rings. The van der Waals surface area contributed by atoms with Crippen molar-refractivity contribution in [3.8, 4) is 0 Å². The predicted molar refractivity (Wildman–Crippen MR) is 245 cm³/mol. The Morgan fingerprint density at radius 2 is 0.956 bits per heavy atom. The number of amides is 4. The molecule has 68 heavy (non-hydrogen) atoms. The summed E-state index contributed by atoms with van der Waals surface area (Å²) in [5.41, 5.74) is 1.37. The van der Waals surface area contributed by atoms with Crippen LogP contribution in [0.5, 0.6) is 0 Å². The SMILES string of the molecule is Cc1c(C(=O)C(=O)NCC(C=NCCOCCOCCN=CC(CNC(=O)C(=O)c2c(C)c(C(=O)Nc3ccc(F)c(F)c3)n(C)c2C)=NN)=NN)c(C)n(C)c1C(=O)Nc1ccc(F)c(F)c1. The van der Waals surface area contributed by atoms with Crippen molar-refractivity contribution in [3.05, 3.63) is 105 Å². The first-order chi connectivity index (χ1) is 32.3. The maximum Gasteiger partial charge on any atom is 0.292 e. The Morgan fingerprint density at radius 3 is 1.29 bits per heavy atom. The number of anilines is 2. The van der Waals surface area contributed by atoms with E-state index in [-0.39, 0.29) is 109 Å². The third-order valence-corrected chi connectivity index (χ3v) is 10.3. The van der Waals surface area contributed by atoms with Crippen LogP contribution in [-0.4, -0.2) is 121 Å². The molecule has 0 aliphatic carbocycles. The van der Waals surface area contributed by atoms with Gasteiger partial charge in [-0.05, 0) is 63.1 Å². The minimum atomic E-state index is -1.15. The third kappa shape index (κ3) is 13.4. The van der Waals surface area contributed by atoms with E-state index in [0.29, 0.717) is 11.4 Å². The molecule has 362 valence electrons. The number of rotatable bonds is 23. The zero-order valence-corrected chi connectivity index (χ0v) is 37.9. The lowest BCUT2D eigenvalue weighted by atomic mass is 10.0. The van der Waals surface area contributed by atoms with Crippen LogP contribution in [0.1, 0.15) is 64.2 Å². The van der Waals surface area contributed by atoms with Gasteiger partial charge in [0.1, 0.15) is 11.4 Å². The van der Waals surface area contributed by atoms with E-state index in [1.54, 1.807) is 13.8 Å². The number of aromatic nitrogens is 2. The van der Waals surface area contributed by atoms with Crippen LogP contribution in [0.3, 0.4) is 0 Å². The Balaban J connectivity index is 1.11. The van der Waals surface area contributed by atoms with Crippen LogP contribution < -0.4 is 33.0 Å². The predicted octanol–water partition coefficient (Wildman–Crippen LogP) is 2.76. The van der Waals surface area contributed by atoms with Gasteiger partial charge < -0.3 is 51.6 Å². The summed E-state index contributed by atoms with van der Waals surface area (Å²) < 4.78 is 67.7. The molecule has 2 aromatic heterocycles. The van der Waals surface area contributed by atoms with Crippen LogP contribution in [0.25, 0.3) is 0 Å². The molecule has 4 rings (SSSR count). The molecule has 0 aliphatic heterocycles. The molecule has 0 spiro atoms. The normalized spacial score (nSPS) is 11.9. The van der Waals surface area contributed by atoms with Crippen molar-refractivity contribution in [2.24, 2.45) is 46.0 Å². The largest absolute Gasteiger partial charge is 0.377 e. The number of benzene rings is 2. The Bertz CT molecular complexity index is 2530. The highest BCUT2D eigenvalue weighted by molar-refractivity contribution is 6.45. The Labute approximate surface area is 386 Å². The number of Topliss-reactive ketones (excluding diaryl/α,β-unsaturated/α-hetero) is 2. The number of ether oxygens (including phenoxy) is 2. The van der Waals surface area contributed by atoms with Gasteiger partial charge in [-0.3, -0.25) is 38.8 Å². The van der Waals surface area contributed by atoms with E-state index >= 15 is 0 Å². The van der Waals surface area contributed by atoms with E-state index in [2.05, 4.69) is 41.5 Å². The van der Waals surface area contributed by atoms with Crippen molar-refractivity contribution in [2.75, 3.05) is 63.2 Å². The molecule has 8 N–H and O–H groups in total. The number of hydrogen-bond donors (Lipinski definition) is 6. The number of ketones is 2. The molecule has 4 aromatic rings. The number of hydrazone groups is 2. The van der Waals surface area contributed by atoms with Gasteiger partial charge in [0.25, 0.3) is 35.2 Å². The summed E-state index contributed by atoms with van der Waals surface area (Å²) in [4.78, 5) is 86.3. The van der Waals surface area contributed by atoms with Gasteiger partial charge in [-0.15, -0.1) is 0 Å². The number of nitrogens with zero attached hydrogens (tertiary/aromatic N) is 6. The maximum absolute atomic E-state index is 13.7. The fourth-order valence-electron chi connectivity index (χ4n) is 6.67. The van der Waals surface area contributed by atoms with Gasteiger partial charge in [0, 0.05) is 61.4 Å². The molecule has 4 amide bonds. The van der Waals surface area contributed by atoms with Gasteiger partial charge in [-0.2, -0.15) is 10.2 Å². The molecule has 0 atom stereocenters. The van der Waals surface area contributed by atoms with Crippen LogP contribution in [0.4, 0.5) is 28.9 Å². The van der Waals surface area contributed by atoms with Gasteiger partial charge in [0.15, 0.2) is 23.3 Å². The molecular weight excluding hydrogens is 901 g/mol. The van der Waals surface area contributed by atoms with Crippen molar-refractivity contribution >= 4 is 70.4 Å². The Kier molecular flexibility index (Phi) is 19.1. The molecule has 0 unspecified atom stereocenters. The second-order valence-electron chi connectivity index (χ2n) is 14.7. The second kappa shape index (κ2) is 24.6. The molecule has 0 radical (unpaired) electrons. The standard InChI is InChI=1S/C44H50F4N12O8/c1-23-35(25(3)59(5)37(23)41(63)55-27-7-9-31(45)33(47)17-27)39(61)43(65)53-21-29(57-49)19-51-11-13-67-15-16-68-14-12-52-20-30(58-50)22-54-44(66)40(62)36-24(2)38(60(6)26(36)4)42(64)56-28-8-10-32(46)34(48)18-28/h7-10,17-20H,11-16,21-22,49-50H2,1-6H3,(H,53,65)(H,54,66)(H,55,63)(H,56,64). The summed E-state index contributed by atoms with van der Waals surface area (Å²) >= 11 is 0. The first-order valence-corrected chi connectivity index (χ1v) is 20.5. The minimum absolute atomic E-state index is 0.00628. The van der Waals surface area contributed by atoms with E-state index in [1.807, 2.05) is 0 Å². The average molecular weight is 951 g/mol. The van der Waals surface area contributed by atoms with Crippen LogP contribution in [0, 0.1) is 51.0 Å².